The Kier molecular flexibility index (Phi) is 5.92. The predicted molar refractivity (Wildman–Crippen MR) is 102 cm³/mol. The van der Waals surface area contributed by atoms with Gasteiger partial charge in [-0.25, -0.2) is 4.79 Å². The number of benzene rings is 2. The van der Waals surface area contributed by atoms with Crippen LogP contribution in [0, 0.1) is 0 Å². The van der Waals surface area contributed by atoms with E-state index in [1.165, 1.54) is 11.9 Å². The van der Waals surface area contributed by atoms with Gasteiger partial charge in [-0.2, -0.15) is 0 Å². The maximum Gasteiger partial charge on any atom is 0.491 e. The molecule has 0 aromatic heterocycles. The molecule has 0 saturated heterocycles. The van der Waals surface area contributed by atoms with Crippen LogP contribution < -0.4 is 20.2 Å². The van der Waals surface area contributed by atoms with E-state index in [0.717, 1.165) is 21.6 Å². The number of fused-ring (bicyclic) bond motifs is 1. The van der Waals surface area contributed by atoms with E-state index >= 15 is 0 Å². The summed E-state index contributed by atoms with van der Waals surface area (Å²) in [5.41, 5.74) is 3.12. The lowest BCUT2D eigenvalue weighted by Gasteiger charge is -2.13. The molecular formula is C17H19BN2O5S. The second-order valence-electron chi connectivity index (χ2n) is 5.49. The Bertz CT molecular complexity index is 805. The average Bonchev–Trinajstić information content (AvgIpc) is 3.01. The average molecular weight is 374 g/mol. The standard InChI is InChI=1S/C17H19BN2O5S/c1-3-24-17(21)19-15-9-13(23-2)6-7-16(15)26-20-12-5-4-11-10-25-18(22)14(11)8-12/h4-9,20,22H,3,10H2,1-2H3,(H,19,21). The van der Waals surface area contributed by atoms with Crippen molar-refractivity contribution in [2.24, 2.45) is 0 Å². The zero-order chi connectivity index (χ0) is 18.5. The molecule has 0 bridgehead atoms. The Labute approximate surface area is 156 Å². The number of hydrogen-bond acceptors (Lipinski definition) is 7. The third-order valence-corrected chi connectivity index (χ3v) is 4.70. The van der Waals surface area contributed by atoms with Gasteiger partial charge in [0.15, 0.2) is 0 Å². The smallest absolute Gasteiger partial charge is 0.491 e. The number of methoxy groups -OCH3 is 1. The predicted octanol–water partition coefficient (Wildman–Crippen LogP) is 2.60. The third kappa shape index (κ3) is 4.24. The fourth-order valence-electron chi connectivity index (χ4n) is 2.49. The molecule has 0 unspecified atom stereocenters. The van der Waals surface area contributed by atoms with Gasteiger partial charge in [0.25, 0.3) is 0 Å². The van der Waals surface area contributed by atoms with Gasteiger partial charge in [-0.3, -0.25) is 5.32 Å². The molecule has 26 heavy (non-hydrogen) atoms. The first kappa shape index (κ1) is 18.4. The Morgan fingerprint density at radius 3 is 2.96 bits per heavy atom. The second-order valence-corrected chi connectivity index (χ2v) is 6.34. The molecule has 1 heterocycles. The van der Waals surface area contributed by atoms with Crippen LogP contribution >= 0.6 is 11.9 Å². The van der Waals surface area contributed by atoms with Gasteiger partial charge in [-0.15, -0.1) is 0 Å². The molecule has 1 aliphatic heterocycles. The first-order valence-corrected chi connectivity index (χ1v) is 8.89. The first-order valence-electron chi connectivity index (χ1n) is 8.08. The number of hydrogen-bond donors (Lipinski definition) is 3. The molecule has 1 amide bonds. The molecule has 2 aromatic rings. The zero-order valence-electron chi connectivity index (χ0n) is 14.4. The molecule has 3 rings (SSSR count). The van der Waals surface area contributed by atoms with Crippen LogP contribution in [0.15, 0.2) is 41.3 Å². The van der Waals surface area contributed by atoms with Crippen LogP contribution in [0.3, 0.4) is 0 Å². The minimum Gasteiger partial charge on any atom is -0.497 e. The van der Waals surface area contributed by atoms with Gasteiger partial charge in [-0.05, 0) is 54.2 Å². The molecular weight excluding hydrogens is 355 g/mol. The van der Waals surface area contributed by atoms with Crippen molar-refractivity contribution in [3.05, 3.63) is 42.0 Å². The monoisotopic (exact) mass is 374 g/mol. The molecule has 7 nitrogen and oxygen atoms in total. The lowest BCUT2D eigenvalue weighted by atomic mass is 9.79. The Morgan fingerprint density at radius 2 is 2.19 bits per heavy atom. The summed E-state index contributed by atoms with van der Waals surface area (Å²) in [5.74, 6) is 0.624. The fourth-order valence-corrected chi connectivity index (χ4v) is 3.20. The summed E-state index contributed by atoms with van der Waals surface area (Å²) in [6.07, 6.45) is -0.527. The number of carbonyl (C=O) groups excluding carboxylic acids is 1. The molecule has 0 spiro atoms. The lowest BCUT2D eigenvalue weighted by Crippen LogP contribution is -2.28. The topological polar surface area (TPSA) is 89.1 Å². The maximum absolute atomic E-state index is 11.8. The first-order chi connectivity index (χ1) is 12.6. The zero-order valence-corrected chi connectivity index (χ0v) is 15.3. The lowest BCUT2D eigenvalue weighted by molar-refractivity contribution is 0.168. The second kappa shape index (κ2) is 8.35. The highest BCUT2D eigenvalue weighted by atomic mass is 32.2. The normalized spacial score (nSPS) is 12.5. The van der Waals surface area contributed by atoms with E-state index in [2.05, 4.69) is 10.0 Å². The fraction of sp³-hybridized carbons (Fsp3) is 0.235. The molecule has 1 aliphatic rings. The van der Waals surface area contributed by atoms with Gasteiger partial charge in [-0.1, -0.05) is 6.07 Å². The van der Waals surface area contributed by atoms with Crippen molar-refractivity contribution in [2.75, 3.05) is 23.8 Å². The van der Waals surface area contributed by atoms with Crippen LogP contribution in [-0.2, 0) is 16.0 Å². The quantitative estimate of drug-likeness (QED) is 0.529. The van der Waals surface area contributed by atoms with Crippen molar-refractivity contribution < 1.29 is 23.9 Å². The Balaban J connectivity index is 1.74. The summed E-state index contributed by atoms with van der Waals surface area (Å²) >= 11 is 1.33. The van der Waals surface area contributed by atoms with E-state index in [0.29, 0.717) is 18.0 Å². The SMILES string of the molecule is CCOC(=O)Nc1cc(OC)ccc1SNc1ccc2c(c1)B(O)OC2. The van der Waals surface area contributed by atoms with E-state index in [4.69, 9.17) is 14.1 Å². The van der Waals surface area contributed by atoms with Crippen molar-refractivity contribution in [1.29, 1.82) is 0 Å². The van der Waals surface area contributed by atoms with Crippen molar-refractivity contribution in [3.8, 4) is 5.75 Å². The number of amides is 1. The van der Waals surface area contributed by atoms with Gasteiger partial charge in [0.1, 0.15) is 5.75 Å². The molecule has 9 heteroatoms. The maximum atomic E-state index is 11.8. The molecule has 0 fully saturated rings. The number of carbonyl (C=O) groups is 1. The Morgan fingerprint density at radius 1 is 1.35 bits per heavy atom. The molecule has 3 N–H and O–H groups in total. The highest BCUT2D eigenvalue weighted by Crippen LogP contribution is 2.32. The van der Waals surface area contributed by atoms with E-state index in [1.807, 2.05) is 24.3 Å². The molecule has 0 aliphatic carbocycles. The molecule has 136 valence electrons. The summed E-state index contributed by atoms with van der Waals surface area (Å²) in [5, 5.41) is 12.5. The Hall–Kier alpha value is -2.36. The van der Waals surface area contributed by atoms with Gasteiger partial charge in [0.05, 0.1) is 30.9 Å². The van der Waals surface area contributed by atoms with E-state index < -0.39 is 13.2 Å². The molecule has 2 aromatic carbocycles. The van der Waals surface area contributed by atoms with Crippen molar-refractivity contribution in [2.45, 2.75) is 18.4 Å². The summed E-state index contributed by atoms with van der Waals surface area (Å²) in [4.78, 5) is 12.5. The minimum absolute atomic E-state index is 0.288. The molecule has 0 radical (unpaired) electrons. The summed E-state index contributed by atoms with van der Waals surface area (Å²) in [6.45, 7) is 2.44. The van der Waals surface area contributed by atoms with E-state index in [9.17, 15) is 9.82 Å². The minimum atomic E-state index is -0.890. The largest absolute Gasteiger partial charge is 0.497 e. The molecule has 0 atom stereocenters. The van der Waals surface area contributed by atoms with Gasteiger partial charge in [0, 0.05) is 11.8 Å². The van der Waals surface area contributed by atoms with Crippen molar-refractivity contribution >= 4 is 42.0 Å². The molecule has 0 saturated carbocycles. The van der Waals surface area contributed by atoms with Gasteiger partial charge < -0.3 is 23.9 Å². The summed E-state index contributed by atoms with van der Waals surface area (Å²) < 4.78 is 18.6. The number of rotatable bonds is 6. The van der Waals surface area contributed by atoms with E-state index in [-0.39, 0.29) is 6.61 Å². The van der Waals surface area contributed by atoms with Crippen LogP contribution in [0.5, 0.6) is 5.75 Å². The highest BCUT2D eigenvalue weighted by Gasteiger charge is 2.27. The van der Waals surface area contributed by atoms with Crippen molar-refractivity contribution in [3.63, 3.8) is 0 Å². The number of ether oxygens (including phenoxy) is 2. The highest BCUT2D eigenvalue weighted by molar-refractivity contribution is 8.00. The van der Waals surface area contributed by atoms with Gasteiger partial charge in [0.2, 0.25) is 0 Å². The number of nitrogens with one attached hydrogen (secondary N) is 2. The van der Waals surface area contributed by atoms with Crippen LogP contribution in [0.4, 0.5) is 16.2 Å². The summed E-state index contributed by atoms with van der Waals surface area (Å²) in [6, 6.07) is 11.0. The number of anilines is 2. The van der Waals surface area contributed by atoms with Crippen LogP contribution in [0.25, 0.3) is 0 Å². The summed E-state index contributed by atoms with van der Waals surface area (Å²) in [7, 11) is 0.672. The van der Waals surface area contributed by atoms with Crippen LogP contribution in [-0.4, -0.2) is 32.0 Å². The van der Waals surface area contributed by atoms with Gasteiger partial charge >= 0.3 is 13.2 Å². The van der Waals surface area contributed by atoms with E-state index in [1.54, 1.807) is 26.2 Å². The third-order valence-electron chi connectivity index (χ3n) is 3.79. The van der Waals surface area contributed by atoms with Crippen LogP contribution in [0.1, 0.15) is 12.5 Å². The van der Waals surface area contributed by atoms with Crippen molar-refractivity contribution in [1.82, 2.24) is 0 Å². The van der Waals surface area contributed by atoms with Crippen LogP contribution in [0.2, 0.25) is 0 Å².